The molecule has 0 aliphatic heterocycles. The highest BCUT2D eigenvalue weighted by molar-refractivity contribution is 5.45. The molecule has 0 atom stereocenters. The van der Waals surface area contributed by atoms with Gasteiger partial charge in [0, 0.05) is 18.7 Å². The van der Waals surface area contributed by atoms with Crippen LogP contribution >= 0.6 is 0 Å². The van der Waals surface area contributed by atoms with Crippen LogP contribution < -0.4 is 10.5 Å². The number of alkyl halides is 3. The fourth-order valence-corrected chi connectivity index (χ4v) is 1.15. The maximum Gasteiger partial charge on any atom is 0.420 e. The van der Waals surface area contributed by atoms with E-state index >= 15 is 0 Å². The Kier molecular flexibility index (Phi) is 3.89. The molecule has 5 nitrogen and oxygen atoms in total. The molecule has 0 radical (unpaired) electrons. The van der Waals surface area contributed by atoms with Gasteiger partial charge in [0.25, 0.3) is 5.69 Å². The number of hydrogen-bond acceptors (Lipinski definition) is 4. The molecule has 1 aromatic rings. The number of hydrogen-bond donors (Lipinski definition) is 1. The number of nitrogens with zero attached hydrogens (tertiary/aromatic N) is 1. The van der Waals surface area contributed by atoms with E-state index in [1.807, 2.05) is 0 Å². The summed E-state index contributed by atoms with van der Waals surface area (Å²) in [5, 5.41) is 10.4. The SMILES string of the molecule is NCCOc1ccc([N+](=O)[O-])cc1C(F)(F)F. The molecule has 17 heavy (non-hydrogen) atoms. The van der Waals surface area contributed by atoms with Crippen molar-refractivity contribution >= 4 is 5.69 Å². The van der Waals surface area contributed by atoms with E-state index in [9.17, 15) is 23.3 Å². The Morgan fingerprint density at radius 1 is 1.41 bits per heavy atom. The van der Waals surface area contributed by atoms with Gasteiger partial charge < -0.3 is 10.5 Å². The fourth-order valence-electron chi connectivity index (χ4n) is 1.15. The van der Waals surface area contributed by atoms with Gasteiger partial charge in [0.1, 0.15) is 17.9 Å². The molecule has 0 spiro atoms. The third-order valence-electron chi connectivity index (χ3n) is 1.85. The van der Waals surface area contributed by atoms with Crippen LogP contribution in [-0.2, 0) is 6.18 Å². The van der Waals surface area contributed by atoms with E-state index in [0.717, 1.165) is 12.1 Å². The van der Waals surface area contributed by atoms with Crippen molar-refractivity contribution in [1.29, 1.82) is 0 Å². The molecule has 0 aliphatic carbocycles. The van der Waals surface area contributed by atoms with Crippen LogP contribution in [0.1, 0.15) is 5.56 Å². The van der Waals surface area contributed by atoms with Gasteiger partial charge in [-0.05, 0) is 6.07 Å². The first-order valence-corrected chi connectivity index (χ1v) is 4.54. The molecule has 0 aliphatic rings. The number of non-ortho nitro benzene ring substituents is 1. The van der Waals surface area contributed by atoms with E-state index < -0.39 is 28.1 Å². The molecule has 0 aromatic heterocycles. The maximum atomic E-state index is 12.6. The van der Waals surface area contributed by atoms with Crippen molar-refractivity contribution in [2.75, 3.05) is 13.2 Å². The lowest BCUT2D eigenvalue weighted by molar-refractivity contribution is -0.385. The van der Waals surface area contributed by atoms with E-state index in [1.54, 1.807) is 0 Å². The van der Waals surface area contributed by atoms with Crippen LogP contribution in [0.15, 0.2) is 18.2 Å². The second-order valence-corrected chi connectivity index (χ2v) is 3.07. The summed E-state index contributed by atoms with van der Waals surface area (Å²) in [7, 11) is 0. The van der Waals surface area contributed by atoms with Crippen LogP contribution in [0.3, 0.4) is 0 Å². The first-order valence-electron chi connectivity index (χ1n) is 4.54. The zero-order valence-electron chi connectivity index (χ0n) is 8.53. The zero-order chi connectivity index (χ0) is 13.1. The summed E-state index contributed by atoms with van der Waals surface area (Å²) in [4.78, 5) is 9.48. The molecule has 0 saturated carbocycles. The van der Waals surface area contributed by atoms with Crippen molar-refractivity contribution in [2.24, 2.45) is 5.73 Å². The second kappa shape index (κ2) is 5.00. The molecule has 0 amide bonds. The van der Waals surface area contributed by atoms with E-state index in [-0.39, 0.29) is 13.2 Å². The minimum Gasteiger partial charge on any atom is -0.492 e. The summed E-state index contributed by atoms with van der Waals surface area (Å²) in [6.07, 6.45) is -4.71. The summed E-state index contributed by atoms with van der Waals surface area (Å²) < 4.78 is 42.5. The molecule has 0 heterocycles. The first-order chi connectivity index (χ1) is 7.86. The lowest BCUT2D eigenvalue weighted by Crippen LogP contribution is -2.14. The number of ether oxygens (including phenoxy) is 1. The highest BCUT2D eigenvalue weighted by Crippen LogP contribution is 2.38. The summed E-state index contributed by atoms with van der Waals surface area (Å²) in [6, 6.07) is 2.30. The highest BCUT2D eigenvalue weighted by atomic mass is 19.4. The number of nitro groups is 1. The maximum absolute atomic E-state index is 12.6. The van der Waals surface area contributed by atoms with E-state index in [1.165, 1.54) is 0 Å². The predicted octanol–water partition coefficient (Wildman–Crippen LogP) is 1.95. The quantitative estimate of drug-likeness (QED) is 0.654. The van der Waals surface area contributed by atoms with Crippen LogP contribution in [0.25, 0.3) is 0 Å². The normalized spacial score (nSPS) is 11.3. The Morgan fingerprint density at radius 2 is 2.06 bits per heavy atom. The molecule has 2 N–H and O–H groups in total. The van der Waals surface area contributed by atoms with Crippen molar-refractivity contribution in [1.82, 2.24) is 0 Å². The Hall–Kier alpha value is -1.83. The third kappa shape index (κ3) is 3.31. The van der Waals surface area contributed by atoms with Crippen LogP contribution in [-0.4, -0.2) is 18.1 Å². The number of nitro benzene ring substituents is 1. The molecule has 94 valence electrons. The lowest BCUT2D eigenvalue weighted by Gasteiger charge is -2.12. The van der Waals surface area contributed by atoms with Gasteiger partial charge in [-0.25, -0.2) is 0 Å². The van der Waals surface area contributed by atoms with E-state index in [0.29, 0.717) is 6.07 Å². The third-order valence-corrected chi connectivity index (χ3v) is 1.85. The van der Waals surface area contributed by atoms with Crippen LogP contribution in [0.4, 0.5) is 18.9 Å². The van der Waals surface area contributed by atoms with Crippen molar-refractivity contribution in [3.05, 3.63) is 33.9 Å². The first kappa shape index (κ1) is 13.2. The zero-order valence-corrected chi connectivity index (χ0v) is 8.53. The molecule has 0 bridgehead atoms. The van der Waals surface area contributed by atoms with Gasteiger partial charge in [-0.3, -0.25) is 10.1 Å². The van der Waals surface area contributed by atoms with E-state index in [4.69, 9.17) is 10.5 Å². The summed E-state index contributed by atoms with van der Waals surface area (Å²) in [5.41, 5.74) is 3.28. The van der Waals surface area contributed by atoms with Gasteiger partial charge in [-0.15, -0.1) is 0 Å². The average molecular weight is 250 g/mol. The van der Waals surface area contributed by atoms with Crippen LogP contribution in [0, 0.1) is 10.1 Å². The molecular formula is C9H9F3N2O3. The van der Waals surface area contributed by atoms with Crippen LogP contribution in [0.2, 0.25) is 0 Å². The van der Waals surface area contributed by atoms with Crippen LogP contribution in [0.5, 0.6) is 5.75 Å². The number of halogens is 3. The topological polar surface area (TPSA) is 78.4 Å². The number of rotatable bonds is 4. The summed E-state index contributed by atoms with van der Waals surface area (Å²) in [6.45, 7) is -0.0465. The average Bonchev–Trinajstić information content (AvgIpc) is 2.24. The molecule has 8 heteroatoms. The van der Waals surface area contributed by atoms with Gasteiger partial charge in [0.05, 0.1) is 4.92 Å². The van der Waals surface area contributed by atoms with Crippen molar-refractivity contribution in [2.45, 2.75) is 6.18 Å². The Labute approximate surface area is 94.1 Å². The molecule has 1 aromatic carbocycles. The Morgan fingerprint density at radius 3 is 2.53 bits per heavy atom. The molecule has 1 rings (SSSR count). The highest BCUT2D eigenvalue weighted by Gasteiger charge is 2.36. The molecular weight excluding hydrogens is 241 g/mol. The molecule has 0 fully saturated rings. The summed E-state index contributed by atoms with van der Waals surface area (Å²) in [5.74, 6) is -0.464. The van der Waals surface area contributed by atoms with E-state index in [2.05, 4.69) is 0 Å². The monoisotopic (exact) mass is 250 g/mol. The van der Waals surface area contributed by atoms with Crippen molar-refractivity contribution in [3.63, 3.8) is 0 Å². The fraction of sp³-hybridized carbons (Fsp3) is 0.333. The molecule has 0 saturated heterocycles. The van der Waals surface area contributed by atoms with Gasteiger partial charge in [0.2, 0.25) is 0 Å². The molecule has 0 unspecified atom stereocenters. The lowest BCUT2D eigenvalue weighted by atomic mass is 10.1. The smallest absolute Gasteiger partial charge is 0.420 e. The van der Waals surface area contributed by atoms with Gasteiger partial charge in [-0.1, -0.05) is 0 Å². The van der Waals surface area contributed by atoms with Crippen molar-refractivity contribution < 1.29 is 22.8 Å². The summed E-state index contributed by atoms with van der Waals surface area (Å²) >= 11 is 0. The number of benzene rings is 1. The Balaban J connectivity index is 3.17. The number of nitrogens with two attached hydrogens (primary N) is 1. The van der Waals surface area contributed by atoms with Crippen molar-refractivity contribution in [3.8, 4) is 5.75 Å². The van der Waals surface area contributed by atoms with Gasteiger partial charge in [0.15, 0.2) is 0 Å². The second-order valence-electron chi connectivity index (χ2n) is 3.07. The minimum atomic E-state index is -4.71. The van der Waals surface area contributed by atoms with Gasteiger partial charge >= 0.3 is 6.18 Å². The minimum absolute atomic E-state index is 0.0499. The van der Waals surface area contributed by atoms with Gasteiger partial charge in [-0.2, -0.15) is 13.2 Å². The largest absolute Gasteiger partial charge is 0.492 e. The standard InChI is InChI=1S/C9H9F3N2O3/c10-9(11,12)7-5-6(14(15)16)1-2-8(7)17-4-3-13/h1-2,5H,3-4,13H2. The predicted molar refractivity (Wildman–Crippen MR) is 52.6 cm³/mol. The Bertz CT molecular complexity index is 420.